The number of hydrogen-bond acceptors (Lipinski definition) is 3. The molecule has 27 heavy (non-hydrogen) atoms. The van der Waals surface area contributed by atoms with E-state index >= 15 is 0 Å². The molecular formula is C22H25NO3S. The average Bonchev–Trinajstić information content (AvgIpc) is 2.64. The molecule has 4 atom stereocenters. The molecule has 1 fully saturated rings. The summed E-state index contributed by atoms with van der Waals surface area (Å²) in [5.41, 5.74) is 2.94. The van der Waals surface area contributed by atoms with Crippen LogP contribution in [0.5, 0.6) is 0 Å². The van der Waals surface area contributed by atoms with Gasteiger partial charge in [0.05, 0.1) is 10.6 Å². The van der Waals surface area contributed by atoms with Gasteiger partial charge in [-0.05, 0) is 68.7 Å². The molecule has 0 aromatic heterocycles. The number of carbonyl (C=O) groups excluding carboxylic acids is 1. The maximum Gasteiger partial charge on any atom is 0.282 e. The Bertz CT molecular complexity index is 954. The number of carbonyl (C=O) groups is 1. The van der Waals surface area contributed by atoms with Gasteiger partial charge in [0, 0.05) is 11.8 Å². The zero-order valence-corrected chi connectivity index (χ0v) is 16.6. The van der Waals surface area contributed by atoms with Gasteiger partial charge in [0.2, 0.25) is 0 Å². The summed E-state index contributed by atoms with van der Waals surface area (Å²) in [5, 5.41) is 0. The largest absolute Gasteiger partial charge is 0.295 e. The standard InChI is InChI=1S/C22H25NO3S/c1-14-4-8-17(9-5-14)27(25,26)23-20-11-12-21(24)18-10-7-16-6-3-15(2)13-19(16)22(18)20/h4-5,7-9,11-12,15,18-19,22H,3,6,10,13H2,1-2H3/b23-20+. The Morgan fingerprint density at radius 2 is 1.81 bits per heavy atom. The molecule has 0 spiro atoms. The molecule has 1 aromatic rings. The van der Waals surface area contributed by atoms with E-state index in [1.54, 1.807) is 30.3 Å². The monoisotopic (exact) mass is 383 g/mol. The van der Waals surface area contributed by atoms with Gasteiger partial charge >= 0.3 is 0 Å². The van der Waals surface area contributed by atoms with Gasteiger partial charge < -0.3 is 0 Å². The minimum absolute atomic E-state index is 0.0974. The molecule has 5 heteroatoms. The van der Waals surface area contributed by atoms with Gasteiger partial charge in [0.15, 0.2) is 5.78 Å². The van der Waals surface area contributed by atoms with Gasteiger partial charge in [-0.3, -0.25) is 4.79 Å². The number of rotatable bonds is 2. The van der Waals surface area contributed by atoms with Crippen molar-refractivity contribution in [3.63, 3.8) is 0 Å². The molecule has 4 rings (SSSR count). The Morgan fingerprint density at radius 3 is 2.56 bits per heavy atom. The third-order valence-corrected chi connectivity index (χ3v) is 7.55. The second-order valence-electron chi connectivity index (χ2n) is 8.17. The number of hydrogen-bond donors (Lipinski definition) is 0. The summed E-state index contributed by atoms with van der Waals surface area (Å²) in [7, 11) is -3.79. The van der Waals surface area contributed by atoms with E-state index in [1.165, 1.54) is 11.6 Å². The zero-order chi connectivity index (χ0) is 19.2. The molecule has 0 N–H and O–H groups in total. The van der Waals surface area contributed by atoms with E-state index in [2.05, 4.69) is 17.4 Å². The molecule has 0 amide bonds. The van der Waals surface area contributed by atoms with Crippen LogP contribution in [0.1, 0.15) is 38.2 Å². The van der Waals surface area contributed by atoms with E-state index in [9.17, 15) is 13.2 Å². The molecule has 0 heterocycles. The van der Waals surface area contributed by atoms with Crippen molar-refractivity contribution < 1.29 is 13.2 Å². The van der Waals surface area contributed by atoms with Gasteiger partial charge in [0.1, 0.15) is 0 Å². The third-order valence-electron chi connectivity index (χ3n) is 6.23. The summed E-state index contributed by atoms with van der Waals surface area (Å²) in [4.78, 5) is 12.7. The van der Waals surface area contributed by atoms with Crippen LogP contribution in [-0.2, 0) is 14.8 Å². The molecule has 1 aromatic carbocycles. The highest BCUT2D eigenvalue weighted by Crippen LogP contribution is 2.47. The zero-order valence-electron chi connectivity index (χ0n) is 15.8. The Balaban J connectivity index is 1.76. The lowest BCUT2D eigenvalue weighted by atomic mass is 9.61. The summed E-state index contributed by atoms with van der Waals surface area (Å²) in [5.74, 6) is 0.613. The lowest BCUT2D eigenvalue weighted by molar-refractivity contribution is -0.119. The number of sulfonamides is 1. The van der Waals surface area contributed by atoms with Crippen molar-refractivity contribution in [2.24, 2.45) is 28.1 Å². The summed E-state index contributed by atoms with van der Waals surface area (Å²) in [6.07, 6.45) is 9.27. The van der Waals surface area contributed by atoms with Crippen molar-refractivity contribution >= 4 is 21.5 Å². The smallest absolute Gasteiger partial charge is 0.282 e. The first-order chi connectivity index (χ1) is 12.8. The summed E-state index contributed by atoms with van der Waals surface area (Å²) < 4.78 is 30.0. The molecule has 0 saturated heterocycles. The second-order valence-corrected chi connectivity index (χ2v) is 9.78. The van der Waals surface area contributed by atoms with Crippen LogP contribution >= 0.6 is 0 Å². The number of benzene rings is 1. The lowest BCUT2D eigenvalue weighted by Gasteiger charge is -2.43. The van der Waals surface area contributed by atoms with E-state index in [-0.39, 0.29) is 28.4 Å². The van der Waals surface area contributed by atoms with E-state index in [0.29, 0.717) is 18.1 Å². The van der Waals surface area contributed by atoms with Crippen LogP contribution in [0, 0.1) is 30.6 Å². The van der Waals surface area contributed by atoms with Crippen molar-refractivity contribution in [2.75, 3.05) is 0 Å². The molecule has 3 aliphatic rings. The lowest BCUT2D eigenvalue weighted by Crippen LogP contribution is -2.42. The Kier molecular flexibility index (Phi) is 4.66. The normalized spacial score (nSPS) is 32.0. The quantitative estimate of drug-likeness (QED) is 0.717. The second kappa shape index (κ2) is 6.86. The van der Waals surface area contributed by atoms with Gasteiger partial charge in [0.25, 0.3) is 10.0 Å². The maximum absolute atomic E-state index is 12.9. The molecule has 3 aliphatic carbocycles. The Hall–Kier alpha value is -2.01. The molecule has 0 radical (unpaired) electrons. The highest BCUT2D eigenvalue weighted by Gasteiger charge is 2.44. The molecule has 4 unspecified atom stereocenters. The van der Waals surface area contributed by atoms with Crippen LogP contribution in [0.4, 0.5) is 0 Å². The number of fused-ring (bicyclic) bond motifs is 3. The summed E-state index contributed by atoms with van der Waals surface area (Å²) >= 11 is 0. The van der Waals surface area contributed by atoms with Crippen molar-refractivity contribution in [3.8, 4) is 0 Å². The van der Waals surface area contributed by atoms with Gasteiger partial charge in [-0.25, -0.2) is 0 Å². The first-order valence-corrected chi connectivity index (χ1v) is 11.1. The fourth-order valence-electron chi connectivity index (χ4n) is 4.74. The van der Waals surface area contributed by atoms with E-state index in [4.69, 9.17) is 0 Å². The minimum atomic E-state index is -3.79. The van der Waals surface area contributed by atoms with Crippen LogP contribution in [0.3, 0.4) is 0 Å². The molecule has 0 aliphatic heterocycles. The van der Waals surface area contributed by atoms with E-state index < -0.39 is 10.0 Å². The first-order valence-electron chi connectivity index (χ1n) is 9.67. The fourth-order valence-corrected chi connectivity index (χ4v) is 5.78. The topological polar surface area (TPSA) is 63.6 Å². The van der Waals surface area contributed by atoms with Gasteiger partial charge in [-0.1, -0.05) is 36.3 Å². The SMILES string of the molecule is Cc1ccc(S(=O)(=O)/N=C2\C=CC(=O)C3CC=C4CCC(C)CC4C23)cc1. The average molecular weight is 384 g/mol. The predicted octanol–water partition coefficient (Wildman–Crippen LogP) is 4.26. The van der Waals surface area contributed by atoms with Crippen molar-refractivity contribution in [1.29, 1.82) is 0 Å². The number of nitrogens with zero attached hydrogens (tertiary/aromatic N) is 1. The summed E-state index contributed by atoms with van der Waals surface area (Å²) in [6, 6.07) is 6.75. The number of aryl methyl sites for hydroxylation is 1. The molecule has 1 saturated carbocycles. The van der Waals surface area contributed by atoms with Gasteiger partial charge in [-0.15, -0.1) is 0 Å². The first kappa shape index (κ1) is 18.4. The van der Waals surface area contributed by atoms with Crippen molar-refractivity contribution in [2.45, 2.75) is 44.4 Å². The molecular weight excluding hydrogens is 358 g/mol. The van der Waals surface area contributed by atoms with Crippen LogP contribution in [0.2, 0.25) is 0 Å². The van der Waals surface area contributed by atoms with Gasteiger partial charge in [-0.2, -0.15) is 12.8 Å². The highest BCUT2D eigenvalue weighted by atomic mass is 32.2. The van der Waals surface area contributed by atoms with E-state index in [0.717, 1.165) is 24.8 Å². The summed E-state index contributed by atoms with van der Waals surface area (Å²) in [6.45, 7) is 4.16. The van der Waals surface area contributed by atoms with E-state index in [1.807, 2.05) is 6.92 Å². The van der Waals surface area contributed by atoms with Crippen LogP contribution in [-0.4, -0.2) is 19.9 Å². The molecule has 0 bridgehead atoms. The van der Waals surface area contributed by atoms with Crippen molar-refractivity contribution in [3.05, 3.63) is 53.6 Å². The Labute approximate surface area is 161 Å². The van der Waals surface area contributed by atoms with Crippen molar-refractivity contribution in [1.82, 2.24) is 0 Å². The molecule has 142 valence electrons. The minimum Gasteiger partial charge on any atom is -0.295 e. The fraction of sp³-hybridized carbons (Fsp3) is 0.455. The van der Waals surface area contributed by atoms with Crippen LogP contribution < -0.4 is 0 Å². The number of allylic oxidation sites excluding steroid dienone is 4. The van der Waals surface area contributed by atoms with Crippen LogP contribution in [0.25, 0.3) is 0 Å². The maximum atomic E-state index is 12.9. The predicted molar refractivity (Wildman–Crippen MR) is 106 cm³/mol. The van der Waals surface area contributed by atoms with Crippen LogP contribution in [0.15, 0.2) is 57.4 Å². The number of ketones is 1. The molecule has 4 nitrogen and oxygen atoms in total. The Morgan fingerprint density at radius 1 is 1.07 bits per heavy atom. The highest BCUT2D eigenvalue weighted by molar-refractivity contribution is 7.90. The third kappa shape index (κ3) is 3.45.